The lowest BCUT2D eigenvalue weighted by atomic mass is 9.94. The molecule has 1 aliphatic rings. The molecule has 7 heteroatoms. The first-order valence-corrected chi connectivity index (χ1v) is 8.77. The van der Waals surface area contributed by atoms with E-state index < -0.39 is 0 Å². The van der Waals surface area contributed by atoms with E-state index in [4.69, 9.17) is 0 Å². The maximum atomic E-state index is 12.3. The third-order valence-corrected chi connectivity index (χ3v) is 4.45. The average Bonchev–Trinajstić information content (AvgIpc) is 3.21. The molecule has 0 fully saturated rings. The van der Waals surface area contributed by atoms with Gasteiger partial charge in [0.2, 0.25) is 5.91 Å². The van der Waals surface area contributed by atoms with E-state index in [-0.39, 0.29) is 17.9 Å². The predicted octanol–water partition coefficient (Wildman–Crippen LogP) is 1.27. The van der Waals surface area contributed by atoms with Crippen LogP contribution in [-0.2, 0) is 24.2 Å². The van der Waals surface area contributed by atoms with Crippen molar-refractivity contribution in [3.05, 3.63) is 41.5 Å². The minimum Gasteiger partial charge on any atom is -0.365 e. The lowest BCUT2D eigenvalue weighted by Gasteiger charge is -2.24. The summed E-state index contributed by atoms with van der Waals surface area (Å²) in [4.78, 5) is 27.4. The van der Waals surface area contributed by atoms with Crippen LogP contribution >= 0.6 is 0 Å². The number of nitrogens with one attached hydrogen (secondary N) is 3. The summed E-state index contributed by atoms with van der Waals surface area (Å²) in [5, 5.41) is 10.3. The number of rotatable bonds is 6. The Hall–Kier alpha value is -2.57. The molecule has 0 spiro atoms. The molecule has 1 atom stereocenters. The smallest absolute Gasteiger partial charge is 0.254 e. The summed E-state index contributed by atoms with van der Waals surface area (Å²) in [6, 6.07) is 3.88. The molecule has 0 radical (unpaired) electrons. The zero-order valence-electron chi connectivity index (χ0n) is 14.7. The van der Waals surface area contributed by atoms with Crippen molar-refractivity contribution in [2.24, 2.45) is 5.92 Å². The fourth-order valence-electron chi connectivity index (χ4n) is 3.17. The zero-order valence-corrected chi connectivity index (χ0v) is 14.7. The monoisotopic (exact) mass is 343 g/mol. The second kappa shape index (κ2) is 7.55. The number of carbonyl (C=O) groups excluding carboxylic acids is 2. The number of nitrogens with zero attached hydrogens (tertiary/aromatic N) is 2. The van der Waals surface area contributed by atoms with E-state index in [0.717, 1.165) is 30.8 Å². The topological polar surface area (TPSA) is 91.8 Å². The number of hydrogen-bond donors (Lipinski definition) is 3. The second-order valence-electron chi connectivity index (χ2n) is 6.89. The summed E-state index contributed by atoms with van der Waals surface area (Å²) in [5.74, 6) is 0.259. The number of aryl methyl sites for hydroxylation is 1. The third kappa shape index (κ3) is 4.29. The van der Waals surface area contributed by atoms with Gasteiger partial charge < -0.3 is 15.6 Å². The molecule has 0 unspecified atom stereocenters. The molecule has 0 saturated heterocycles. The van der Waals surface area contributed by atoms with Crippen LogP contribution in [0.2, 0.25) is 0 Å². The normalized spacial score (nSPS) is 16.5. The second-order valence-corrected chi connectivity index (χ2v) is 6.89. The van der Waals surface area contributed by atoms with E-state index in [9.17, 15) is 9.59 Å². The highest BCUT2D eigenvalue weighted by Crippen LogP contribution is 2.22. The molecule has 2 amide bonds. The van der Waals surface area contributed by atoms with Gasteiger partial charge in [0.15, 0.2) is 0 Å². The lowest BCUT2D eigenvalue weighted by Crippen LogP contribution is -2.35. The molecule has 3 N–H and O–H groups in total. The first kappa shape index (κ1) is 17.3. The van der Waals surface area contributed by atoms with Crippen LogP contribution in [0.5, 0.6) is 0 Å². The average molecular weight is 343 g/mol. The maximum Gasteiger partial charge on any atom is 0.254 e. The standard InChI is InChI=1S/C18H25N5O2/c1-12(2)22-18(25)15-11-21-23-7-5-13(8-16(15)23)10-20-17(24)9-14-4-3-6-19-14/h3-4,6,11-13,19H,5,7-10H2,1-2H3,(H,20,24)(H,22,25)/t13-/m1/s1. The molecule has 3 heterocycles. The Bertz CT molecular complexity index is 733. The van der Waals surface area contributed by atoms with Crippen LogP contribution in [0.4, 0.5) is 0 Å². The summed E-state index contributed by atoms with van der Waals surface area (Å²) >= 11 is 0. The molecule has 2 aromatic rings. The van der Waals surface area contributed by atoms with Crippen molar-refractivity contribution in [3.8, 4) is 0 Å². The van der Waals surface area contributed by atoms with Crippen LogP contribution in [0.15, 0.2) is 24.5 Å². The van der Waals surface area contributed by atoms with Gasteiger partial charge in [-0.1, -0.05) is 0 Å². The van der Waals surface area contributed by atoms with Crippen molar-refractivity contribution in [1.82, 2.24) is 25.4 Å². The van der Waals surface area contributed by atoms with Crippen LogP contribution < -0.4 is 10.6 Å². The number of H-pyrrole nitrogens is 1. The van der Waals surface area contributed by atoms with E-state index in [0.29, 0.717) is 24.4 Å². The van der Waals surface area contributed by atoms with Gasteiger partial charge >= 0.3 is 0 Å². The van der Waals surface area contributed by atoms with Crippen LogP contribution in [-0.4, -0.2) is 39.2 Å². The number of fused-ring (bicyclic) bond motifs is 1. The van der Waals surface area contributed by atoms with Crippen LogP contribution in [0.25, 0.3) is 0 Å². The summed E-state index contributed by atoms with van der Waals surface area (Å²) < 4.78 is 1.91. The van der Waals surface area contributed by atoms with Gasteiger partial charge in [-0.15, -0.1) is 0 Å². The number of carbonyl (C=O) groups is 2. The molecule has 0 bridgehead atoms. The van der Waals surface area contributed by atoms with Gasteiger partial charge in [0.25, 0.3) is 5.91 Å². The van der Waals surface area contributed by atoms with Crippen LogP contribution in [0.3, 0.4) is 0 Å². The van der Waals surface area contributed by atoms with Gasteiger partial charge in [-0.2, -0.15) is 5.10 Å². The Labute approximate surface area is 147 Å². The third-order valence-electron chi connectivity index (χ3n) is 4.45. The SMILES string of the molecule is CC(C)NC(=O)c1cnn2c1C[C@H](CNC(=O)Cc1ccc[nH]1)CC2. The van der Waals surface area contributed by atoms with Crippen molar-refractivity contribution in [2.45, 2.75) is 45.7 Å². The highest BCUT2D eigenvalue weighted by molar-refractivity contribution is 5.95. The Morgan fingerprint density at radius 1 is 1.44 bits per heavy atom. The minimum absolute atomic E-state index is 0.0132. The highest BCUT2D eigenvalue weighted by Gasteiger charge is 2.25. The fourth-order valence-corrected chi connectivity index (χ4v) is 3.17. The van der Waals surface area contributed by atoms with Gasteiger partial charge in [0.1, 0.15) is 0 Å². The maximum absolute atomic E-state index is 12.3. The van der Waals surface area contributed by atoms with E-state index in [1.54, 1.807) is 6.20 Å². The molecule has 134 valence electrons. The largest absolute Gasteiger partial charge is 0.365 e. The minimum atomic E-state index is -0.0762. The Kier molecular flexibility index (Phi) is 5.21. The van der Waals surface area contributed by atoms with E-state index >= 15 is 0 Å². The van der Waals surface area contributed by atoms with Gasteiger partial charge in [-0.3, -0.25) is 14.3 Å². The molecular weight excluding hydrogens is 318 g/mol. The van der Waals surface area contributed by atoms with E-state index in [2.05, 4.69) is 20.7 Å². The summed E-state index contributed by atoms with van der Waals surface area (Å²) in [5.41, 5.74) is 2.52. The van der Waals surface area contributed by atoms with Crippen molar-refractivity contribution >= 4 is 11.8 Å². The van der Waals surface area contributed by atoms with Gasteiger partial charge in [-0.05, 0) is 44.7 Å². The van der Waals surface area contributed by atoms with Crippen molar-refractivity contribution in [3.63, 3.8) is 0 Å². The molecule has 7 nitrogen and oxygen atoms in total. The Morgan fingerprint density at radius 2 is 2.28 bits per heavy atom. The highest BCUT2D eigenvalue weighted by atomic mass is 16.2. The molecule has 25 heavy (non-hydrogen) atoms. The molecule has 1 aliphatic heterocycles. The molecular formula is C18H25N5O2. The fraction of sp³-hybridized carbons (Fsp3) is 0.500. The quantitative estimate of drug-likeness (QED) is 0.737. The predicted molar refractivity (Wildman–Crippen MR) is 94.1 cm³/mol. The number of hydrogen-bond acceptors (Lipinski definition) is 3. The van der Waals surface area contributed by atoms with Crippen molar-refractivity contribution < 1.29 is 9.59 Å². The van der Waals surface area contributed by atoms with Crippen molar-refractivity contribution in [1.29, 1.82) is 0 Å². The van der Waals surface area contributed by atoms with E-state index in [1.165, 1.54) is 0 Å². The Morgan fingerprint density at radius 3 is 3.00 bits per heavy atom. The molecule has 0 aliphatic carbocycles. The summed E-state index contributed by atoms with van der Waals surface area (Å²) in [6.07, 6.45) is 5.53. The Balaban J connectivity index is 1.56. The first-order valence-electron chi connectivity index (χ1n) is 8.77. The lowest BCUT2D eigenvalue weighted by molar-refractivity contribution is -0.120. The molecule has 0 aromatic carbocycles. The first-order chi connectivity index (χ1) is 12.0. The van der Waals surface area contributed by atoms with Crippen LogP contribution in [0, 0.1) is 5.92 Å². The van der Waals surface area contributed by atoms with Gasteiger partial charge in [0.05, 0.1) is 23.9 Å². The molecule has 0 saturated carbocycles. The number of aromatic amines is 1. The van der Waals surface area contributed by atoms with Gasteiger partial charge in [-0.25, -0.2) is 0 Å². The number of amides is 2. The molecule has 3 rings (SSSR count). The summed E-state index contributed by atoms with van der Waals surface area (Å²) in [6.45, 7) is 5.28. The van der Waals surface area contributed by atoms with Crippen molar-refractivity contribution in [2.75, 3.05) is 6.54 Å². The van der Waals surface area contributed by atoms with Gasteiger partial charge in [0, 0.05) is 31.0 Å². The van der Waals surface area contributed by atoms with Crippen LogP contribution in [0.1, 0.15) is 42.0 Å². The molecule has 2 aromatic heterocycles. The summed E-state index contributed by atoms with van der Waals surface area (Å²) in [7, 11) is 0. The zero-order chi connectivity index (χ0) is 17.8. The van der Waals surface area contributed by atoms with E-state index in [1.807, 2.05) is 36.9 Å². The number of aromatic nitrogens is 3.